The van der Waals surface area contributed by atoms with Gasteiger partial charge in [-0.2, -0.15) is 13.1 Å². The normalized spacial score (nSPS) is 25.1. The Morgan fingerprint density at radius 1 is 0.248 bits per heavy atom. The predicted octanol–water partition coefficient (Wildman–Crippen LogP) is 22.2. The van der Waals surface area contributed by atoms with E-state index in [0.29, 0.717) is 107 Å². The molecule has 37 heteroatoms. The van der Waals surface area contributed by atoms with E-state index in [0.717, 1.165) is 81.4 Å². The molecule has 0 aromatic carbocycles. The van der Waals surface area contributed by atoms with Crippen molar-refractivity contribution >= 4 is 73.4 Å². The first-order chi connectivity index (χ1) is 45.0. The van der Waals surface area contributed by atoms with E-state index >= 15 is 0 Å². The van der Waals surface area contributed by atoms with Gasteiger partial charge in [0.1, 0.15) is 20.6 Å². The van der Waals surface area contributed by atoms with Crippen molar-refractivity contribution in [2.45, 2.75) is 266 Å². The zero-order chi connectivity index (χ0) is 74.0. The average Bonchev–Trinajstić information content (AvgIpc) is 1.87. The summed E-state index contributed by atoms with van der Waals surface area (Å²) in [6.07, 6.45) is 22.0. The van der Waals surface area contributed by atoms with Gasteiger partial charge in [-0.25, -0.2) is 0 Å². The second-order valence-corrected chi connectivity index (χ2v) is 61.5. The quantitative estimate of drug-likeness (QED) is 0.199. The second kappa shape index (κ2) is 55.9. The molecule has 23 nitrogen and oxygen atoms in total. The van der Waals surface area contributed by atoms with Crippen LogP contribution in [0.5, 0.6) is 0 Å². The van der Waals surface area contributed by atoms with Crippen molar-refractivity contribution < 1.29 is 164 Å². The van der Waals surface area contributed by atoms with Crippen LogP contribution in [0.25, 0.3) is 20.3 Å². The Labute approximate surface area is 670 Å². The van der Waals surface area contributed by atoms with Crippen LogP contribution in [-0.2, 0) is 164 Å². The standard InChI is InChI=1S/C9H19OP.C8H17OP.C7H15O2P.C7H15OP.C6H13N2OP.C6H13O3P.C6H13O2P.C5H11N2OP.C5H12NO3P.C5H11O3P.4Re/c1-9(2)11(10)7-5-3-4-6-8-11;1-8(2)10(9)6-4-3-5-7-10;1-7(2)10(8)5-3-9-4-6-10;1-7(2)9(8)5-3-4-6-9;1-6(2)10(9)7-4-3-5-8-10;1-6(2)10(7)8-4-3-5-9-10;1-6(2)9(7)4-3-8-5-9;1-5(2)9(8)6-3-4-7-9;1-5(2)10(7)8-3-6-4-9-10;1-5(2)9(6)7-3-4-8-9;;;;/h9H,3-8H2,1-2H3;8H,3-7H2,1-2H3;7H,3-6H2,1-2H3;7H,3-6H2,1-2H3;2*6H,3-5H2,1-2H3;6H,3-5H2,1-2H3;5H,3-4H2,1-2H3;5-6H,3-4H2,1-2H3;5H,3-4H2,1-2H3;;;;/q;;;;-2;;;-2;;;;;;. The molecule has 0 saturated carbocycles. The van der Waals surface area contributed by atoms with Crippen molar-refractivity contribution in [3.8, 4) is 0 Å². The predicted molar refractivity (Wildman–Crippen MR) is 415 cm³/mol. The maximum absolute atomic E-state index is 12.2. The number of ether oxygens (including phenoxy) is 2. The molecule has 1 atom stereocenters. The van der Waals surface area contributed by atoms with Gasteiger partial charge in [-0.15, -0.1) is 13.1 Å². The fourth-order valence-corrected chi connectivity index (χ4v) is 29.8. The van der Waals surface area contributed by atoms with Crippen LogP contribution in [0.15, 0.2) is 0 Å². The molecule has 10 heterocycles. The van der Waals surface area contributed by atoms with Gasteiger partial charge in [-0.3, -0.25) is 28.1 Å². The van der Waals surface area contributed by atoms with Crippen LogP contribution in [0.2, 0.25) is 0 Å². The summed E-state index contributed by atoms with van der Waals surface area (Å²) < 4.78 is 157. The van der Waals surface area contributed by atoms with E-state index in [-0.39, 0.29) is 110 Å². The van der Waals surface area contributed by atoms with Gasteiger partial charge in [-0.1, -0.05) is 179 Å². The van der Waals surface area contributed by atoms with Crippen LogP contribution >= 0.6 is 73.4 Å². The summed E-state index contributed by atoms with van der Waals surface area (Å²) in [5.74, 6) is 0. The average molecular weight is 2320 g/mol. The Morgan fingerprint density at radius 3 is 0.733 bits per heavy atom. The zero-order valence-corrected chi connectivity index (χ0v) is 85.2. The Balaban J connectivity index is -0.000000516. The van der Waals surface area contributed by atoms with Gasteiger partial charge in [-0.05, 0) is 56.3 Å². The molecular weight excluding hydrogens is 2180 g/mol. The molecule has 0 aliphatic carbocycles. The molecule has 0 aromatic heterocycles. The molecule has 10 rings (SSSR count). The Bertz CT molecular complexity index is 2280. The minimum atomic E-state index is -2.75. The van der Waals surface area contributed by atoms with Crippen LogP contribution in [0.4, 0.5) is 0 Å². The summed E-state index contributed by atoms with van der Waals surface area (Å²) in [5, 5.41) is 18.8. The number of hydrogen-bond acceptors (Lipinski definition) is 19. The molecule has 0 amide bonds. The second-order valence-electron chi connectivity index (χ2n) is 29.1. The number of rotatable bonds is 10. The van der Waals surface area contributed by atoms with Crippen LogP contribution in [0.3, 0.4) is 0 Å². The van der Waals surface area contributed by atoms with E-state index in [1.807, 2.05) is 96.9 Å². The molecule has 101 heavy (non-hydrogen) atoms. The minimum absolute atomic E-state index is 0. The number of nitrogens with one attached hydrogen (secondary N) is 1. The summed E-state index contributed by atoms with van der Waals surface area (Å²) in [5.41, 5.74) is 2.15. The van der Waals surface area contributed by atoms with Crippen LogP contribution in [-0.4, -0.2) is 204 Å². The van der Waals surface area contributed by atoms with Crippen molar-refractivity contribution in [1.29, 1.82) is 0 Å². The first kappa shape index (κ1) is 112. The third-order valence-electron chi connectivity index (χ3n) is 18.6. The third kappa shape index (κ3) is 42.0. The molecule has 610 valence electrons. The molecule has 10 fully saturated rings. The van der Waals surface area contributed by atoms with Crippen molar-refractivity contribution in [1.82, 2.24) is 5.32 Å². The van der Waals surface area contributed by atoms with Crippen molar-refractivity contribution in [2.24, 2.45) is 0 Å². The summed E-state index contributed by atoms with van der Waals surface area (Å²) in [6, 6.07) is 0. The SMILES string of the molecule is CC(C)P1(=O)CCCC1.CC(C)P1(=O)CCCCC1.CC(C)P1(=O)CCCCCC1.CC(C)P1(=O)CCOC1.CC(C)P1(=O)CCOCC1.CC(C)P1(=O)OCCCO1.CC(C)P1(=O)OCCO1.CC(C)P1(=O)OCNCO1.CC(C)P1(=O)[N-]CCC[N-]1.CC(C)P1(=O)[N-]CC[N-]1.[Re].[Re].[Re].[Re]. The summed E-state index contributed by atoms with van der Waals surface area (Å²) in [4.78, 5) is 0. The fraction of sp³-hybridized carbons (Fsp3) is 1.00. The zero-order valence-electron chi connectivity index (χ0n) is 65.4. The van der Waals surface area contributed by atoms with Gasteiger partial charge in [0.2, 0.25) is 0 Å². The number of hydrogen-bond donors (Lipinski definition) is 1. The molecule has 10 aliphatic heterocycles. The van der Waals surface area contributed by atoms with Crippen LogP contribution in [0, 0.1) is 0 Å². The molecule has 1 unspecified atom stereocenters. The summed E-state index contributed by atoms with van der Waals surface area (Å²) >= 11 is 0. The van der Waals surface area contributed by atoms with Crippen LogP contribution < -0.4 is 5.32 Å². The van der Waals surface area contributed by atoms with Crippen molar-refractivity contribution in [2.75, 3.05) is 148 Å². The molecule has 10 aliphatic rings. The molecule has 0 spiro atoms. The van der Waals surface area contributed by atoms with E-state index in [1.54, 1.807) is 0 Å². The maximum atomic E-state index is 12.2. The molecular formula is C64H139N5O18P10Re4-4. The third-order valence-corrected chi connectivity index (χ3v) is 49.9. The maximum Gasteiger partial charge on any atom is 0.335 e. The molecule has 1 N–H and O–H groups in total. The van der Waals surface area contributed by atoms with Crippen molar-refractivity contribution in [3.05, 3.63) is 20.3 Å². The smallest absolute Gasteiger partial charge is 0.335 e. The van der Waals surface area contributed by atoms with Gasteiger partial charge < -0.3 is 79.9 Å². The Kier molecular flexibility index (Phi) is 61.8. The number of nitrogens with zero attached hydrogens (tertiary/aromatic N) is 4. The van der Waals surface area contributed by atoms with Gasteiger partial charge in [0.05, 0.1) is 98.1 Å². The first-order valence-corrected chi connectivity index (χ1v) is 55.3. The van der Waals surface area contributed by atoms with Gasteiger partial charge in [0.25, 0.3) is 0 Å². The fourth-order valence-electron chi connectivity index (χ4n) is 10.5. The first-order valence-electron chi connectivity index (χ1n) is 36.4. The van der Waals surface area contributed by atoms with Gasteiger partial charge >= 0.3 is 22.8 Å². The van der Waals surface area contributed by atoms with E-state index in [4.69, 9.17) is 36.6 Å². The largest absolute Gasteiger partial charge is 0.621 e. The van der Waals surface area contributed by atoms with Gasteiger partial charge in [0, 0.05) is 165 Å². The Morgan fingerprint density at radius 2 is 0.505 bits per heavy atom. The summed E-state index contributed by atoms with van der Waals surface area (Å²) in [6.45, 7) is 47.1. The Hall–Kier alpha value is 4.43. The van der Waals surface area contributed by atoms with E-state index in [2.05, 4.69) is 67.2 Å². The summed E-state index contributed by atoms with van der Waals surface area (Å²) in [7, 11) is -21.6. The molecule has 0 aromatic rings. The minimum Gasteiger partial charge on any atom is -0.621 e. The molecule has 0 bridgehead atoms. The van der Waals surface area contributed by atoms with E-state index in [1.165, 1.54) is 57.8 Å². The van der Waals surface area contributed by atoms with Gasteiger partial charge in [0.15, 0.2) is 0 Å². The van der Waals surface area contributed by atoms with Crippen molar-refractivity contribution in [3.63, 3.8) is 0 Å². The van der Waals surface area contributed by atoms with Crippen LogP contribution in [0.1, 0.15) is 209 Å². The van der Waals surface area contributed by atoms with E-state index < -0.39 is 73.4 Å². The van der Waals surface area contributed by atoms with E-state index in [9.17, 15) is 45.7 Å². The molecule has 4 radical (unpaired) electrons. The monoisotopic (exact) mass is 2320 g/mol. The topological polar surface area (TPSA) is 313 Å². The molecule has 10 saturated heterocycles.